The van der Waals surface area contributed by atoms with E-state index in [1.165, 1.54) is 0 Å². The number of unbranched alkanes of at least 4 members (excludes halogenated alkanes) is 1. The van der Waals surface area contributed by atoms with Crippen LogP contribution in [-0.2, 0) is 4.74 Å². The quantitative estimate of drug-likeness (QED) is 0.455. The van der Waals surface area contributed by atoms with E-state index >= 15 is 0 Å². The lowest BCUT2D eigenvalue weighted by Gasteiger charge is -2.11. The predicted molar refractivity (Wildman–Crippen MR) is 104 cm³/mol. The number of benzene rings is 2. The molecule has 0 aliphatic rings. The number of aryl methyl sites for hydroxylation is 1. The van der Waals surface area contributed by atoms with Gasteiger partial charge in [0.15, 0.2) is 0 Å². The molecule has 4 nitrogen and oxygen atoms in total. The number of carbonyl (C=O) groups excluding carboxylic acids is 1. The van der Waals surface area contributed by atoms with Crippen LogP contribution in [0.5, 0.6) is 5.75 Å². The third kappa shape index (κ3) is 3.85. The maximum Gasteiger partial charge on any atom is 0.338 e. The Morgan fingerprint density at radius 2 is 1.85 bits per heavy atom. The molecule has 0 amide bonds. The second-order valence-electron chi connectivity index (χ2n) is 6.29. The maximum absolute atomic E-state index is 12.7. The van der Waals surface area contributed by atoms with Gasteiger partial charge in [-0.25, -0.2) is 9.78 Å². The van der Waals surface area contributed by atoms with Gasteiger partial charge in [-0.1, -0.05) is 25.0 Å². The number of fused-ring (bicyclic) bond motifs is 1. The second-order valence-corrected chi connectivity index (χ2v) is 6.29. The van der Waals surface area contributed by atoms with Crippen LogP contribution in [0.4, 0.5) is 0 Å². The number of esters is 1. The van der Waals surface area contributed by atoms with E-state index < -0.39 is 0 Å². The number of rotatable bonds is 6. The summed E-state index contributed by atoms with van der Waals surface area (Å²) in [5, 5.41) is 0.823. The number of ether oxygens (including phenoxy) is 2. The third-order valence-corrected chi connectivity index (χ3v) is 4.30. The minimum Gasteiger partial charge on any atom is -0.497 e. The predicted octanol–water partition coefficient (Wildman–Crippen LogP) is 5.18. The highest BCUT2D eigenvalue weighted by Gasteiger charge is 2.15. The number of hydrogen-bond acceptors (Lipinski definition) is 4. The van der Waals surface area contributed by atoms with Gasteiger partial charge in [-0.2, -0.15) is 0 Å². The monoisotopic (exact) mass is 349 g/mol. The molecule has 4 heteroatoms. The molecule has 0 bridgehead atoms. The number of aromatic nitrogens is 1. The number of methoxy groups -OCH3 is 1. The van der Waals surface area contributed by atoms with E-state index in [-0.39, 0.29) is 5.97 Å². The molecule has 0 atom stereocenters. The molecule has 3 rings (SSSR count). The summed E-state index contributed by atoms with van der Waals surface area (Å²) in [6.07, 6.45) is 1.85. The van der Waals surface area contributed by atoms with Crippen LogP contribution < -0.4 is 4.74 Å². The van der Waals surface area contributed by atoms with E-state index in [4.69, 9.17) is 14.5 Å². The molecule has 3 aromatic rings. The molecular weight excluding hydrogens is 326 g/mol. The molecule has 0 N–H and O–H groups in total. The van der Waals surface area contributed by atoms with E-state index in [2.05, 4.69) is 6.92 Å². The Bertz CT molecular complexity index is 917. The first-order valence-electron chi connectivity index (χ1n) is 8.85. The minimum atomic E-state index is -0.300. The highest BCUT2D eigenvalue weighted by Crippen LogP contribution is 2.27. The molecular formula is C22H23NO3. The van der Waals surface area contributed by atoms with Crippen molar-refractivity contribution in [3.8, 4) is 17.0 Å². The summed E-state index contributed by atoms with van der Waals surface area (Å²) >= 11 is 0. The molecule has 1 aromatic heterocycles. The molecule has 0 unspecified atom stereocenters. The average Bonchev–Trinajstić information content (AvgIpc) is 2.67. The first-order valence-corrected chi connectivity index (χ1v) is 8.85. The Hall–Kier alpha value is -2.88. The van der Waals surface area contributed by atoms with Crippen LogP contribution in [0.3, 0.4) is 0 Å². The fourth-order valence-electron chi connectivity index (χ4n) is 2.81. The Morgan fingerprint density at radius 1 is 1.08 bits per heavy atom. The van der Waals surface area contributed by atoms with Crippen LogP contribution in [0.2, 0.25) is 0 Å². The van der Waals surface area contributed by atoms with Crippen LogP contribution in [0.25, 0.3) is 22.2 Å². The van der Waals surface area contributed by atoms with Gasteiger partial charge in [-0.15, -0.1) is 0 Å². The SMILES string of the molecule is CCCCOC(=O)c1cc(-c2ccc(OC)cc2)nc2ccc(C)cc12. The summed E-state index contributed by atoms with van der Waals surface area (Å²) in [6.45, 7) is 4.51. The highest BCUT2D eigenvalue weighted by atomic mass is 16.5. The van der Waals surface area contributed by atoms with Gasteiger partial charge in [0.1, 0.15) is 5.75 Å². The summed E-state index contributed by atoms with van der Waals surface area (Å²) < 4.78 is 10.7. The largest absolute Gasteiger partial charge is 0.497 e. The highest BCUT2D eigenvalue weighted by molar-refractivity contribution is 6.04. The van der Waals surface area contributed by atoms with Crippen molar-refractivity contribution in [2.75, 3.05) is 13.7 Å². The van der Waals surface area contributed by atoms with Crippen molar-refractivity contribution in [3.05, 3.63) is 59.7 Å². The summed E-state index contributed by atoms with van der Waals surface area (Å²) in [5.74, 6) is 0.482. The van der Waals surface area contributed by atoms with Crippen molar-refractivity contribution in [1.82, 2.24) is 4.98 Å². The molecule has 0 fully saturated rings. The summed E-state index contributed by atoms with van der Waals surface area (Å²) in [6, 6.07) is 15.4. The van der Waals surface area contributed by atoms with Crippen LogP contribution >= 0.6 is 0 Å². The van der Waals surface area contributed by atoms with Gasteiger partial charge >= 0.3 is 5.97 Å². The molecule has 26 heavy (non-hydrogen) atoms. The number of pyridine rings is 1. The average molecular weight is 349 g/mol. The van der Waals surface area contributed by atoms with Crippen molar-refractivity contribution in [2.45, 2.75) is 26.7 Å². The molecule has 2 aromatic carbocycles. The van der Waals surface area contributed by atoms with Crippen molar-refractivity contribution in [1.29, 1.82) is 0 Å². The molecule has 0 saturated carbocycles. The van der Waals surface area contributed by atoms with Gasteiger partial charge < -0.3 is 9.47 Å². The van der Waals surface area contributed by atoms with E-state index in [1.54, 1.807) is 7.11 Å². The topological polar surface area (TPSA) is 48.4 Å². The zero-order valence-electron chi connectivity index (χ0n) is 15.4. The van der Waals surface area contributed by atoms with Crippen LogP contribution in [0, 0.1) is 6.92 Å². The fourth-order valence-corrected chi connectivity index (χ4v) is 2.81. The second kappa shape index (κ2) is 8.00. The van der Waals surface area contributed by atoms with E-state index in [9.17, 15) is 4.79 Å². The molecule has 134 valence electrons. The Labute approximate surface area is 153 Å². The van der Waals surface area contributed by atoms with E-state index in [0.29, 0.717) is 12.2 Å². The van der Waals surface area contributed by atoms with Crippen molar-refractivity contribution in [2.24, 2.45) is 0 Å². The molecule has 0 saturated heterocycles. The van der Waals surface area contributed by atoms with Crippen molar-refractivity contribution >= 4 is 16.9 Å². The third-order valence-electron chi connectivity index (χ3n) is 4.30. The first kappa shape index (κ1) is 17.9. The molecule has 1 heterocycles. The molecule has 0 spiro atoms. The fraction of sp³-hybridized carbons (Fsp3) is 0.273. The Balaban J connectivity index is 2.07. The maximum atomic E-state index is 12.7. The molecule has 0 aliphatic carbocycles. The Morgan fingerprint density at radius 3 is 2.54 bits per heavy atom. The summed E-state index contributed by atoms with van der Waals surface area (Å²) in [7, 11) is 1.63. The Kier molecular flexibility index (Phi) is 5.52. The van der Waals surface area contributed by atoms with Crippen LogP contribution in [-0.4, -0.2) is 24.7 Å². The van der Waals surface area contributed by atoms with Crippen molar-refractivity contribution in [3.63, 3.8) is 0 Å². The van der Waals surface area contributed by atoms with Gasteiger partial charge in [0, 0.05) is 10.9 Å². The zero-order valence-corrected chi connectivity index (χ0v) is 15.4. The van der Waals surface area contributed by atoms with Gasteiger partial charge in [-0.3, -0.25) is 0 Å². The van der Waals surface area contributed by atoms with E-state index in [0.717, 1.165) is 46.3 Å². The lowest BCUT2D eigenvalue weighted by molar-refractivity contribution is 0.0502. The number of nitrogens with zero attached hydrogens (tertiary/aromatic N) is 1. The summed E-state index contributed by atoms with van der Waals surface area (Å²) in [4.78, 5) is 17.4. The lowest BCUT2D eigenvalue weighted by atomic mass is 10.0. The van der Waals surface area contributed by atoms with Gasteiger partial charge in [0.2, 0.25) is 0 Å². The first-order chi connectivity index (χ1) is 12.6. The standard InChI is InChI=1S/C22H23NO3/c1-4-5-12-26-22(24)19-14-21(16-7-9-17(25-3)10-8-16)23-20-11-6-15(2)13-18(19)20/h6-11,13-14H,4-5,12H2,1-3H3. The smallest absolute Gasteiger partial charge is 0.338 e. The molecule has 0 aliphatic heterocycles. The summed E-state index contributed by atoms with van der Waals surface area (Å²) in [5.41, 5.74) is 4.09. The minimum absolute atomic E-state index is 0.300. The molecule has 0 radical (unpaired) electrons. The van der Waals surface area contributed by atoms with Gasteiger partial charge in [0.25, 0.3) is 0 Å². The zero-order chi connectivity index (χ0) is 18.5. The number of hydrogen-bond donors (Lipinski definition) is 0. The van der Waals surface area contributed by atoms with Crippen LogP contribution in [0.1, 0.15) is 35.7 Å². The number of carbonyl (C=O) groups is 1. The van der Waals surface area contributed by atoms with Crippen LogP contribution in [0.15, 0.2) is 48.5 Å². The van der Waals surface area contributed by atoms with Gasteiger partial charge in [0.05, 0.1) is 30.5 Å². The normalized spacial score (nSPS) is 10.7. The van der Waals surface area contributed by atoms with Crippen molar-refractivity contribution < 1.29 is 14.3 Å². The van der Waals surface area contributed by atoms with Gasteiger partial charge in [-0.05, 0) is 55.8 Å². The van der Waals surface area contributed by atoms with E-state index in [1.807, 2.05) is 55.5 Å². The lowest BCUT2D eigenvalue weighted by Crippen LogP contribution is -2.08.